The molecule has 1 aromatic heterocycles. The summed E-state index contributed by atoms with van der Waals surface area (Å²) < 4.78 is 2.61. The van der Waals surface area contributed by atoms with Crippen molar-refractivity contribution in [3.8, 4) is 44.5 Å². The van der Waals surface area contributed by atoms with Gasteiger partial charge < -0.3 is 4.90 Å². The Balaban J connectivity index is 1.09. The highest BCUT2D eigenvalue weighted by molar-refractivity contribution is 7.26. The molecule has 0 unspecified atom stereocenters. The third kappa shape index (κ3) is 5.84. The van der Waals surface area contributed by atoms with Crippen molar-refractivity contribution in [2.45, 2.75) is 0 Å². The molecule has 0 N–H and O–H groups in total. The average molecular weight is 706 g/mol. The maximum atomic E-state index is 2.40. The predicted molar refractivity (Wildman–Crippen MR) is 233 cm³/mol. The number of thiophene rings is 1. The Morgan fingerprint density at radius 2 is 0.759 bits per heavy atom. The van der Waals surface area contributed by atoms with Gasteiger partial charge in [0, 0.05) is 42.6 Å². The molecule has 10 aromatic rings. The van der Waals surface area contributed by atoms with E-state index in [1.54, 1.807) is 0 Å². The lowest BCUT2D eigenvalue weighted by molar-refractivity contribution is 1.29. The Hall–Kier alpha value is -6.74. The predicted octanol–water partition coefficient (Wildman–Crippen LogP) is 15.3. The van der Waals surface area contributed by atoms with Crippen molar-refractivity contribution < 1.29 is 0 Å². The first-order valence-electron chi connectivity index (χ1n) is 18.4. The lowest BCUT2D eigenvalue weighted by Gasteiger charge is -2.26. The summed E-state index contributed by atoms with van der Waals surface area (Å²) in [7, 11) is 0. The minimum Gasteiger partial charge on any atom is -0.310 e. The third-order valence-corrected chi connectivity index (χ3v) is 11.7. The molecule has 0 saturated carbocycles. The highest BCUT2D eigenvalue weighted by Crippen LogP contribution is 2.45. The van der Waals surface area contributed by atoms with Gasteiger partial charge in [0.15, 0.2) is 0 Å². The summed E-state index contributed by atoms with van der Waals surface area (Å²) in [5.74, 6) is 0. The van der Waals surface area contributed by atoms with Crippen LogP contribution in [0.2, 0.25) is 0 Å². The smallest absolute Gasteiger partial charge is 0.0476 e. The Morgan fingerprint density at radius 3 is 1.41 bits per heavy atom. The Kier molecular flexibility index (Phi) is 8.09. The van der Waals surface area contributed by atoms with E-state index in [-0.39, 0.29) is 0 Å². The van der Waals surface area contributed by atoms with Crippen LogP contribution in [0.5, 0.6) is 0 Å². The molecular weight excluding hydrogens is 671 g/mol. The molecule has 9 aromatic carbocycles. The maximum Gasteiger partial charge on any atom is 0.0476 e. The fourth-order valence-electron chi connectivity index (χ4n) is 7.77. The van der Waals surface area contributed by atoms with Crippen LogP contribution in [0, 0.1) is 0 Å². The second-order valence-electron chi connectivity index (χ2n) is 13.7. The molecule has 10 rings (SSSR count). The van der Waals surface area contributed by atoms with Crippen LogP contribution in [0.3, 0.4) is 0 Å². The number of fused-ring (bicyclic) bond motifs is 5. The van der Waals surface area contributed by atoms with Crippen LogP contribution in [0.1, 0.15) is 0 Å². The van der Waals surface area contributed by atoms with Crippen LogP contribution in [0.15, 0.2) is 212 Å². The van der Waals surface area contributed by atoms with Crippen molar-refractivity contribution in [1.82, 2.24) is 0 Å². The first kappa shape index (κ1) is 32.0. The largest absolute Gasteiger partial charge is 0.310 e. The molecule has 0 aliphatic heterocycles. The van der Waals surface area contributed by atoms with E-state index >= 15 is 0 Å². The van der Waals surface area contributed by atoms with E-state index in [1.807, 2.05) is 11.3 Å². The van der Waals surface area contributed by atoms with Crippen molar-refractivity contribution in [2.75, 3.05) is 4.90 Å². The van der Waals surface area contributed by atoms with Gasteiger partial charge in [-0.3, -0.25) is 0 Å². The number of rotatable bonds is 7. The van der Waals surface area contributed by atoms with Gasteiger partial charge in [0.1, 0.15) is 0 Å². The quantitative estimate of drug-likeness (QED) is 0.160. The number of hydrogen-bond donors (Lipinski definition) is 0. The van der Waals surface area contributed by atoms with Gasteiger partial charge in [0.2, 0.25) is 0 Å². The Labute approximate surface area is 319 Å². The molecule has 2 heteroatoms. The highest BCUT2D eigenvalue weighted by atomic mass is 32.1. The van der Waals surface area contributed by atoms with E-state index < -0.39 is 0 Å². The SMILES string of the molecule is c1ccc(-c2ccc(-c3ccc(N(c4cccc(-c5ccccc5)c4)c4ccc5c(c4)sc4c6ccccc6c(-c6ccccc6)cc54)cc3)cc2)cc1. The molecule has 0 fully saturated rings. The first-order chi connectivity index (χ1) is 26.8. The number of benzene rings is 9. The number of anilines is 3. The van der Waals surface area contributed by atoms with Gasteiger partial charge in [0.05, 0.1) is 0 Å². The van der Waals surface area contributed by atoms with Crippen LogP contribution >= 0.6 is 11.3 Å². The molecule has 1 heterocycles. The lowest BCUT2D eigenvalue weighted by Crippen LogP contribution is -2.09. The minimum absolute atomic E-state index is 1.11. The summed E-state index contributed by atoms with van der Waals surface area (Å²) in [6.07, 6.45) is 0. The van der Waals surface area contributed by atoms with E-state index in [1.165, 1.54) is 75.5 Å². The average Bonchev–Trinajstić information content (AvgIpc) is 3.63. The summed E-state index contributed by atoms with van der Waals surface area (Å²) >= 11 is 1.89. The first-order valence-corrected chi connectivity index (χ1v) is 19.2. The maximum absolute atomic E-state index is 2.40. The zero-order chi connectivity index (χ0) is 35.8. The summed E-state index contributed by atoms with van der Waals surface area (Å²) in [6, 6.07) is 77.0. The molecular formula is C52H35NS. The summed E-state index contributed by atoms with van der Waals surface area (Å²) in [4.78, 5) is 2.39. The molecule has 0 aliphatic rings. The van der Waals surface area contributed by atoms with Gasteiger partial charge in [-0.2, -0.15) is 0 Å². The van der Waals surface area contributed by atoms with Crippen LogP contribution in [-0.4, -0.2) is 0 Å². The Morgan fingerprint density at radius 1 is 0.278 bits per heavy atom. The van der Waals surface area contributed by atoms with E-state index in [9.17, 15) is 0 Å². The highest BCUT2D eigenvalue weighted by Gasteiger charge is 2.18. The van der Waals surface area contributed by atoms with Crippen LogP contribution < -0.4 is 4.90 Å². The summed E-state index contributed by atoms with van der Waals surface area (Å²) in [5, 5.41) is 5.18. The van der Waals surface area contributed by atoms with E-state index in [0.717, 1.165) is 17.1 Å². The molecule has 0 saturated heterocycles. The topological polar surface area (TPSA) is 3.24 Å². The van der Waals surface area contributed by atoms with Gasteiger partial charge >= 0.3 is 0 Å². The van der Waals surface area contributed by atoms with Crippen molar-refractivity contribution in [1.29, 1.82) is 0 Å². The molecule has 254 valence electrons. The Bertz CT molecular complexity index is 2890. The van der Waals surface area contributed by atoms with Crippen molar-refractivity contribution in [2.24, 2.45) is 0 Å². The fraction of sp³-hybridized carbons (Fsp3) is 0. The molecule has 0 bridgehead atoms. The van der Waals surface area contributed by atoms with Crippen LogP contribution in [-0.2, 0) is 0 Å². The molecule has 0 radical (unpaired) electrons. The van der Waals surface area contributed by atoms with Crippen LogP contribution in [0.25, 0.3) is 75.5 Å². The van der Waals surface area contributed by atoms with E-state index in [2.05, 4.69) is 217 Å². The third-order valence-electron chi connectivity index (χ3n) is 10.5. The van der Waals surface area contributed by atoms with Gasteiger partial charge in [0.25, 0.3) is 0 Å². The second-order valence-corrected chi connectivity index (χ2v) is 14.8. The minimum atomic E-state index is 1.11. The standard InChI is InChI=1S/C52H35NS/c1-4-13-36(14-5-1)38-23-25-39(26-24-38)40-27-29-43(30-28-40)53(44-20-12-19-42(33-44)37-15-6-2-7-16-37)45-31-32-47-50-35-49(41-17-8-3-9-18-41)46-21-10-11-22-48(46)52(50)54-51(47)34-45/h1-35H. The number of nitrogens with zero attached hydrogens (tertiary/aromatic N) is 1. The summed E-state index contributed by atoms with van der Waals surface area (Å²) in [5.41, 5.74) is 13.1. The van der Waals surface area contributed by atoms with Gasteiger partial charge in [-0.15, -0.1) is 11.3 Å². The van der Waals surface area contributed by atoms with Gasteiger partial charge in [-0.1, -0.05) is 170 Å². The monoisotopic (exact) mass is 705 g/mol. The molecule has 0 spiro atoms. The van der Waals surface area contributed by atoms with Crippen molar-refractivity contribution in [3.05, 3.63) is 212 Å². The molecule has 1 nitrogen and oxygen atoms in total. The molecule has 0 aliphatic carbocycles. The second kappa shape index (κ2) is 13.7. The van der Waals surface area contributed by atoms with Gasteiger partial charge in [-0.05, 0) is 92.4 Å². The fourth-order valence-corrected chi connectivity index (χ4v) is 9.03. The zero-order valence-electron chi connectivity index (χ0n) is 29.6. The van der Waals surface area contributed by atoms with Gasteiger partial charge in [-0.25, -0.2) is 0 Å². The molecule has 0 atom stereocenters. The van der Waals surface area contributed by atoms with E-state index in [4.69, 9.17) is 0 Å². The van der Waals surface area contributed by atoms with Crippen molar-refractivity contribution in [3.63, 3.8) is 0 Å². The summed E-state index contributed by atoms with van der Waals surface area (Å²) in [6.45, 7) is 0. The van der Waals surface area contributed by atoms with Crippen LogP contribution in [0.4, 0.5) is 17.1 Å². The normalized spacial score (nSPS) is 11.3. The zero-order valence-corrected chi connectivity index (χ0v) is 30.4. The molecule has 54 heavy (non-hydrogen) atoms. The van der Waals surface area contributed by atoms with E-state index in [0.29, 0.717) is 0 Å². The van der Waals surface area contributed by atoms with Crippen molar-refractivity contribution >= 4 is 59.3 Å². The lowest BCUT2D eigenvalue weighted by atomic mass is 9.95. The molecule has 0 amide bonds. The number of hydrogen-bond acceptors (Lipinski definition) is 2.